The van der Waals surface area contributed by atoms with Crippen LogP contribution >= 0.6 is 0 Å². The molecule has 0 saturated carbocycles. The quantitative estimate of drug-likeness (QED) is 0.716. The van der Waals surface area contributed by atoms with E-state index in [1.54, 1.807) is 4.57 Å². The molecule has 84 valence electrons. The molecule has 1 aromatic heterocycles. The maximum atomic E-state index is 11.4. The number of hydrogen-bond donors (Lipinski definition) is 0. The van der Waals surface area contributed by atoms with Crippen LogP contribution in [-0.2, 0) is 6.42 Å². The molecule has 0 N–H and O–H groups in total. The third-order valence-corrected chi connectivity index (χ3v) is 3.15. The Hall–Kier alpha value is -1.06. The van der Waals surface area contributed by atoms with Gasteiger partial charge in [-0.1, -0.05) is 31.3 Å². The summed E-state index contributed by atoms with van der Waals surface area (Å²) in [6.45, 7) is 2.19. The lowest BCUT2D eigenvalue weighted by molar-refractivity contribution is 0.336. The molecule has 2 heterocycles. The van der Waals surface area contributed by atoms with Crippen LogP contribution in [0.25, 0.3) is 0 Å². The Morgan fingerprint density at radius 1 is 1.53 bits per heavy atom. The largest absolute Gasteiger partial charge is 0.441 e. The summed E-state index contributed by atoms with van der Waals surface area (Å²) in [6.07, 6.45) is 7.85. The second kappa shape index (κ2) is 4.64. The van der Waals surface area contributed by atoms with Gasteiger partial charge in [-0.3, -0.25) is 9.09 Å². The van der Waals surface area contributed by atoms with Gasteiger partial charge in [0, 0.05) is 12.5 Å². The first kappa shape index (κ1) is 10.5. The van der Waals surface area contributed by atoms with Gasteiger partial charge in [-0.2, -0.15) is 0 Å². The summed E-state index contributed by atoms with van der Waals surface area (Å²) >= 11 is 0. The molecule has 0 spiro atoms. The Morgan fingerprint density at radius 2 is 2.40 bits per heavy atom. The predicted octanol–water partition coefficient (Wildman–Crippen LogP) is 2.29. The first-order chi connectivity index (χ1) is 7.33. The van der Waals surface area contributed by atoms with E-state index in [4.69, 9.17) is 4.52 Å². The molecule has 1 atom stereocenters. The Balaban J connectivity index is 2.08. The molecular formula is C11H18N2O2. The predicted molar refractivity (Wildman–Crippen MR) is 56.9 cm³/mol. The van der Waals surface area contributed by atoms with E-state index in [0.717, 1.165) is 31.5 Å². The van der Waals surface area contributed by atoms with Crippen molar-refractivity contribution in [2.24, 2.45) is 0 Å². The van der Waals surface area contributed by atoms with Crippen molar-refractivity contribution in [2.45, 2.75) is 57.9 Å². The Morgan fingerprint density at radius 3 is 3.20 bits per heavy atom. The van der Waals surface area contributed by atoms with Crippen LogP contribution in [0, 0.1) is 0 Å². The zero-order valence-corrected chi connectivity index (χ0v) is 9.24. The summed E-state index contributed by atoms with van der Waals surface area (Å²) in [5, 5.41) is 3.81. The number of aryl methyl sites for hydroxylation is 1. The number of hydrogen-bond acceptors (Lipinski definition) is 3. The van der Waals surface area contributed by atoms with E-state index in [1.807, 2.05) is 0 Å². The van der Waals surface area contributed by atoms with E-state index in [0.29, 0.717) is 6.04 Å². The van der Waals surface area contributed by atoms with Gasteiger partial charge in [0.1, 0.15) is 0 Å². The second-order valence-electron chi connectivity index (χ2n) is 4.28. The fourth-order valence-corrected chi connectivity index (χ4v) is 2.34. The van der Waals surface area contributed by atoms with Gasteiger partial charge >= 0.3 is 5.76 Å². The van der Waals surface area contributed by atoms with Crippen LogP contribution in [0.1, 0.15) is 57.3 Å². The summed E-state index contributed by atoms with van der Waals surface area (Å²) in [7, 11) is 0. The molecule has 0 amide bonds. The van der Waals surface area contributed by atoms with Crippen LogP contribution in [-0.4, -0.2) is 9.72 Å². The molecule has 1 aromatic rings. The Kier molecular flexibility index (Phi) is 3.23. The van der Waals surface area contributed by atoms with Crippen LogP contribution in [0.4, 0.5) is 0 Å². The zero-order valence-electron chi connectivity index (χ0n) is 9.24. The van der Waals surface area contributed by atoms with Crippen molar-refractivity contribution in [3.05, 3.63) is 16.4 Å². The van der Waals surface area contributed by atoms with Gasteiger partial charge in [0.25, 0.3) is 0 Å². The van der Waals surface area contributed by atoms with Gasteiger partial charge in [0.15, 0.2) is 5.82 Å². The van der Waals surface area contributed by atoms with Crippen molar-refractivity contribution in [1.29, 1.82) is 0 Å². The SMILES string of the molecule is CCCCCC1CCCc2noc(=O)n21. The minimum Gasteiger partial charge on any atom is -0.296 e. The summed E-state index contributed by atoms with van der Waals surface area (Å²) in [4.78, 5) is 11.4. The molecule has 0 aliphatic carbocycles. The highest BCUT2D eigenvalue weighted by Crippen LogP contribution is 2.26. The molecular weight excluding hydrogens is 192 g/mol. The van der Waals surface area contributed by atoms with Crippen molar-refractivity contribution < 1.29 is 4.52 Å². The highest BCUT2D eigenvalue weighted by atomic mass is 16.5. The van der Waals surface area contributed by atoms with Crippen molar-refractivity contribution >= 4 is 0 Å². The first-order valence-corrected chi connectivity index (χ1v) is 5.90. The fraction of sp³-hybridized carbons (Fsp3) is 0.818. The van der Waals surface area contributed by atoms with Crippen LogP contribution in [0.5, 0.6) is 0 Å². The van der Waals surface area contributed by atoms with Crippen LogP contribution in [0.2, 0.25) is 0 Å². The minimum absolute atomic E-state index is 0.272. The topological polar surface area (TPSA) is 48.0 Å². The Bertz CT molecular complexity index is 367. The highest BCUT2D eigenvalue weighted by molar-refractivity contribution is 4.92. The van der Waals surface area contributed by atoms with Gasteiger partial charge in [-0.05, 0) is 19.3 Å². The monoisotopic (exact) mass is 210 g/mol. The lowest BCUT2D eigenvalue weighted by Crippen LogP contribution is -2.26. The molecule has 1 aliphatic heterocycles. The number of aromatic nitrogens is 2. The molecule has 15 heavy (non-hydrogen) atoms. The van der Waals surface area contributed by atoms with Gasteiger partial charge in [0.05, 0.1) is 0 Å². The summed E-state index contributed by atoms with van der Waals surface area (Å²) in [6, 6.07) is 0.332. The van der Waals surface area contributed by atoms with E-state index >= 15 is 0 Å². The number of nitrogens with zero attached hydrogens (tertiary/aromatic N) is 2. The van der Waals surface area contributed by atoms with Crippen molar-refractivity contribution in [2.75, 3.05) is 0 Å². The summed E-state index contributed by atoms with van der Waals surface area (Å²) in [5.41, 5.74) is 0. The van der Waals surface area contributed by atoms with Crippen molar-refractivity contribution in [1.82, 2.24) is 9.72 Å². The molecule has 0 fully saturated rings. The minimum atomic E-state index is -0.272. The van der Waals surface area contributed by atoms with Crippen LogP contribution in [0.15, 0.2) is 9.32 Å². The molecule has 0 saturated heterocycles. The van der Waals surface area contributed by atoms with Crippen LogP contribution in [0.3, 0.4) is 0 Å². The summed E-state index contributed by atoms with van der Waals surface area (Å²) in [5.74, 6) is 0.568. The Labute approximate surface area is 89.3 Å². The van der Waals surface area contributed by atoms with E-state index in [2.05, 4.69) is 12.1 Å². The average molecular weight is 210 g/mol. The third-order valence-electron chi connectivity index (χ3n) is 3.15. The van der Waals surface area contributed by atoms with Gasteiger partial charge in [-0.15, -0.1) is 0 Å². The van der Waals surface area contributed by atoms with E-state index in [-0.39, 0.29) is 5.76 Å². The highest BCUT2D eigenvalue weighted by Gasteiger charge is 2.23. The maximum absolute atomic E-state index is 11.4. The van der Waals surface area contributed by atoms with Gasteiger partial charge in [0.2, 0.25) is 0 Å². The standard InChI is InChI=1S/C11H18N2O2/c1-2-3-4-6-9-7-5-8-10-12-15-11(14)13(9)10/h9H,2-8H2,1H3. The normalized spacial score (nSPS) is 20.2. The second-order valence-corrected chi connectivity index (χ2v) is 4.28. The van der Waals surface area contributed by atoms with Crippen LogP contribution < -0.4 is 5.76 Å². The average Bonchev–Trinajstić information content (AvgIpc) is 2.62. The zero-order chi connectivity index (χ0) is 10.7. The van der Waals surface area contributed by atoms with Gasteiger partial charge in [-0.25, -0.2) is 4.79 Å². The molecule has 0 aromatic carbocycles. The lowest BCUT2D eigenvalue weighted by Gasteiger charge is -2.22. The van der Waals surface area contributed by atoms with Crippen molar-refractivity contribution in [3.8, 4) is 0 Å². The molecule has 4 heteroatoms. The third kappa shape index (κ3) is 2.13. The smallest absolute Gasteiger partial charge is 0.296 e. The molecule has 2 rings (SSSR count). The van der Waals surface area contributed by atoms with Crippen molar-refractivity contribution in [3.63, 3.8) is 0 Å². The van der Waals surface area contributed by atoms with E-state index < -0.39 is 0 Å². The maximum Gasteiger partial charge on any atom is 0.441 e. The number of rotatable bonds is 4. The molecule has 4 nitrogen and oxygen atoms in total. The molecule has 0 radical (unpaired) electrons. The molecule has 1 aliphatic rings. The number of unbranched alkanes of at least 4 members (excludes halogenated alkanes) is 2. The van der Waals surface area contributed by atoms with E-state index in [1.165, 1.54) is 19.3 Å². The molecule has 0 bridgehead atoms. The van der Waals surface area contributed by atoms with E-state index in [9.17, 15) is 4.79 Å². The van der Waals surface area contributed by atoms with Gasteiger partial charge < -0.3 is 0 Å². The molecule has 1 unspecified atom stereocenters. The lowest BCUT2D eigenvalue weighted by atomic mass is 9.99. The number of fused-ring (bicyclic) bond motifs is 1. The first-order valence-electron chi connectivity index (χ1n) is 5.90. The summed E-state index contributed by atoms with van der Waals surface area (Å²) < 4.78 is 6.47. The fourth-order valence-electron chi connectivity index (χ4n) is 2.34.